The molecule has 0 fully saturated rings. The maximum absolute atomic E-state index is 12.5. The molecule has 0 aliphatic carbocycles. The quantitative estimate of drug-likeness (QED) is 0.729. The molecule has 3 rings (SSSR count). The van der Waals surface area contributed by atoms with Gasteiger partial charge in [-0.1, -0.05) is 18.2 Å². The van der Waals surface area contributed by atoms with Gasteiger partial charge in [0.2, 0.25) is 11.7 Å². The summed E-state index contributed by atoms with van der Waals surface area (Å²) in [5.41, 5.74) is 1.42. The summed E-state index contributed by atoms with van der Waals surface area (Å²) in [6, 6.07) is 6.97. The fraction of sp³-hybridized carbons (Fsp3) is 0.286. The molecule has 2 aromatic rings. The van der Waals surface area contributed by atoms with E-state index < -0.39 is 17.6 Å². The monoisotopic (exact) mass is 301 g/mol. The molecule has 22 heavy (non-hydrogen) atoms. The number of anilines is 1. The minimum absolute atomic E-state index is 0.147. The van der Waals surface area contributed by atoms with Crippen LogP contribution in [0.1, 0.15) is 23.1 Å². The van der Waals surface area contributed by atoms with Crippen molar-refractivity contribution in [1.82, 2.24) is 20.5 Å². The molecular formula is C14H15N5O3. The van der Waals surface area contributed by atoms with Crippen LogP contribution in [0.2, 0.25) is 0 Å². The number of rotatable bonds is 3. The van der Waals surface area contributed by atoms with Gasteiger partial charge < -0.3 is 10.2 Å². The number of carbonyl (C=O) groups excluding carboxylic acids is 2. The Hall–Kier alpha value is -2.90. The summed E-state index contributed by atoms with van der Waals surface area (Å²) in [5, 5.41) is 8.17. The number of aromatic nitrogens is 3. The van der Waals surface area contributed by atoms with Crippen molar-refractivity contribution in [2.75, 3.05) is 11.4 Å². The smallest absolute Gasteiger partial charge is 0.338 e. The van der Waals surface area contributed by atoms with E-state index in [1.165, 1.54) is 0 Å². The van der Waals surface area contributed by atoms with Crippen molar-refractivity contribution in [2.24, 2.45) is 0 Å². The van der Waals surface area contributed by atoms with Crippen LogP contribution < -0.4 is 15.9 Å². The van der Waals surface area contributed by atoms with E-state index in [-0.39, 0.29) is 11.7 Å². The van der Waals surface area contributed by atoms with Crippen molar-refractivity contribution in [3.63, 3.8) is 0 Å². The average Bonchev–Trinajstić information content (AvgIpc) is 3.12. The summed E-state index contributed by atoms with van der Waals surface area (Å²) in [6.45, 7) is 2.20. The van der Waals surface area contributed by atoms with E-state index in [1.54, 1.807) is 11.8 Å². The Bertz CT molecular complexity index is 779. The van der Waals surface area contributed by atoms with Crippen LogP contribution in [0.15, 0.2) is 29.1 Å². The minimum Gasteiger partial charge on any atom is -0.338 e. The number of fused-ring (bicyclic) bond motifs is 1. The third-order valence-corrected chi connectivity index (χ3v) is 3.59. The second-order valence-corrected chi connectivity index (χ2v) is 5.09. The van der Waals surface area contributed by atoms with Crippen molar-refractivity contribution in [3.8, 4) is 0 Å². The first kappa shape index (κ1) is 14.1. The SMILES string of the molecule is C[C@H](NC(=O)c1n[nH]c(=O)[nH]1)C(=O)N1CCc2ccccc21. The maximum atomic E-state index is 12.5. The molecule has 0 radical (unpaired) electrons. The number of hydrogen-bond donors (Lipinski definition) is 3. The zero-order valence-corrected chi connectivity index (χ0v) is 11.9. The van der Waals surface area contributed by atoms with E-state index in [2.05, 4.69) is 20.5 Å². The number of nitrogens with one attached hydrogen (secondary N) is 3. The van der Waals surface area contributed by atoms with Crippen molar-refractivity contribution in [1.29, 1.82) is 0 Å². The Kier molecular flexibility index (Phi) is 3.50. The minimum atomic E-state index is -0.723. The predicted molar refractivity (Wildman–Crippen MR) is 78.6 cm³/mol. The maximum Gasteiger partial charge on any atom is 0.341 e. The average molecular weight is 301 g/mol. The van der Waals surface area contributed by atoms with Crippen LogP contribution in [-0.4, -0.2) is 39.6 Å². The standard InChI is InChI=1S/C14H15N5O3/c1-8(15-12(20)11-16-14(22)18-17-11)13(21)19-7-6-9-4-2-3-5-10(9)19/h2-5,8H,6-7H2,1H3,(H,15,20)(H2,16,17,18,22)/t8-/m0/s1. The van der Waals surface area contributed by atoms with E-state index in [0.717, 1.165) is 17.7 Å². The van der Waals surface area contributed by atoms with Gasteiger partial charge in [0.15, 0.2) is 0 Å². The first-order valence-electron chi connectivity index (χ1n) is 6.91. The molecule has 0 saturated heterocycles. The van der Waals surface area contributed by atoms with Gasteiger partial charge in [0.05, 0.1) is 0 Å². The van der Waals surface area contributed by atoms with Gasteiger partial charge in [-0.3, -0.25) is 14.6 Å². The fourth-order valence-electron chi connectivity index (χ4n) is 2.51. The van der Waals surface area contributed by atoms with Crippen molar-refractivity contribution < 1.29 is 9.59 Å². The Morgan fingerprint density at radius 1 is 1.36 bits per heavy atom. The zero-order chi connectivity index (χ0) is 15.7. The Morgan fingerprint density at radius 3 is 2.86 bits per heavy atom. The molecule has 0 saturated carbocycles. The van der Waals surface area contributed by atoms with E-state index in [9.17, 15) is 14.4 Å². The molecule has 2 amide bonds. The predicted octanol–water partition coefficient (Wildman–Crippen LogP) is -0.194. The molecule has 114 valence electrons. The number of H-pyrrole nitrogens is 2. The Labute approximate surface area is 125 Å². The molecule has 2 heterocycles. The lowest BCUT2D eigenvalue weighted by atomic mass is 10.2. The van der Waals surface area contributed by atoms with Gasteiger partial charge in [-0.2, -0.15) is 0 Å². The summed E-state index contributed by atoms with van der Waals surface area (Å²) < 4.78 is 0. The largest absolute Gasteiger partial charge is 0.341 e. The third kappa shape index (κ3) is 2.50. The molecule has 1 aliphatic heterocycles. The van der Waals surface area contributed by atoms with Crippen molar-refractivity contribution >= 4 is 17.5 Å². The second kappa shape index (κ2) is 5.47. The highest BCUT2D eigenvalue weighted by Crippen LogP contribution is 2.27. The van der Waals surface area contributed by atoms with E-state index in [4.69, 9.17) is 0 Å². The number of hydrogen-bond acceptors (Lipinski definition) is 4. The van der Waals surface area contributed by atoms with Crippen LogP contribution in [0, 0.1) is 0 Å². The fourth-order valence-corrected chi connectivity index (χ4v) is 2.51. The van der Waals surface area contributed by atoms with Gasteiger partial charge in [0.1, 0.15) is 6.04 Å². The molecule has 1 atom stereocenters. The van der Waals surface area contributed by atoms with E-state index in [1.807, 2.05) is 24.3 Å². The van der Waals surface area contributed by atoms with Gasteiger partial charge in [-0.15, -0.1) is 5.10 Å². The van der Waals surface area contributed by atoms with Crippen LogP contribution in [-0.2, 0) is 11.2 Å². The lowest BCUT2D eigenvalue weighted by Gasteiger charge is -2.22. The Balaban J connectivity index is 1.70. The van der Waals surface area contributed by atoms with Crippen LogP contribution in [0.5, 0.6) is 0 Å². The Morgan fingerprint density at radius 2 is 2.14 bits per heavy atom. The van der Waals surface area contributed by atoms with Gasteiger partial charge in [0.25, 0.3) is 5.91 Å². The first-order valence-corrected chi connectivity index (χ1v) is 6.91. The lowest BCUT2D eigenvalue weighted by Crippen LogP contribution is -2.46. The van der Waals surface area contributed by atoms with Crippen molar-refractivity contribution in [3.05, 3.63) is 46.1 Å². The van der Waals surface area contributed by atoms with Crippen LogP contribution in [0.4, 0.5) is 5.69 Å². The number of aromatic amines is 2. The molecule has 1 aliphatic rings. The highest BCUT2D eigenvalue weighted by atomic mass is 16.2. The molecule has 3 N–H and O–H groups in total. The molecule has 0 unspecified atom stereocenters. The zero-order valence-electron chi connectivity index (χ0n) is 11.9. The van der Waals surface area contributed by atoms with Crippen molar-refractivity contribution in [2.45, 2.75) is 19.4 Å². The second-order valence-electron chi connectivity index (χ2n) is 5.09. The topological polar surface area (TPSA) is 111 Å². The lowest BCUT2D eigenvalue weighted by molar-refractivity contribution is -0.119. The molecule has 0 bridgehead atoms. The highest BCUT2D eigenvalue weighted by Gasteiger charge is 2.29. The van der Waals surface area contributed by atoms with Crippen LogP contribution in [0.3, 0.4) is 0 Å². The molecule has 1 aromatic heterocycles. The molecule has 1 aromatic carbocycles. The molecule has 0 spiro atoms. The summed E-state index contributed by atoms with van der Waals surface area (Å²) in [7, 11) is 0. The van der Waals surface area contributed by atoms with Gasteiger partial charge in [0, 0.05) is 12.2 Å². The number of carbonyl (C=O) groups is 2. The van der Waals surface area contributed by atoms with E-state index >= 15 is 0 Å². The highest BCUT2D eigenvalue weighted by molar-refractivity contribution is 6.02. The summed E-state index contributed by atoms with van der Waals surface area (Å²) in [4.78, 5) is 39.2. The number of benzene rings is 1. The molecule has 8 nitrogen and oxygen atoms in total. The molecular weight excluding hydrogens is 286 g/mol. The number of para-hydroxylation sites is 1. The summed E-state index contributed by atoms with van der Waals surface area (Å²) in [5.74, 6) is -0.950. The van der Waals surface area contributed by atoms with Crippen LogP contribution in [0.25, 0.3) is 0 Å². The number of amides is 2. The third-order valence-electron chi connectivity index (χ3n) is 3.59. The molecule has 8 heteroatoms. The van der Waals surface area contributed by atoms with Crippen LogP contribution >= 0.6 is 0 Å². The van der Waals surface area contributed by atoms with Gasteiger partial charge in [-0.05, 0) is 25.0 Å². The van der Waals surface area contributed by atoms with E-state index in [0.29, 0.717) is 6.54 Å². The number of nitrogens with zero attached hydrogens (tertiary/aromatic N) is 2. The normalized spacial score (nSPS) is 14.5. The first-order chi connectivity index (χ1) is 10.6. The van der Waals surface area contributed by atoms with Gasteiger partial charge >= 0.3 is 5.69 Å². The summed E-state index contributed by atoms with van der Waals surface area (Å²) >= 11 is 0. The summed E-state index contributed by atoms with van der Waals surface area (Å²) in [6.07, 6.45) is 0.801. The van der Waals surface area contributed by atoms with Gasteiger partial charge in [-0.25, -0.2) is 9.89 Å².